The van der Waals surface area contributed by atoms with Gasteiger partial charge in [-0.15, -0.1) is 0 Å². The molecule has 7 aromatic carbocycles. The number of rotatable bonds is 5. The Morgan fingerprint density at radius 1 is 0.420 bits per heavy atom. The van der Waals surface area contributed by atoms with Crippen LogP contribution in [0.4, 0.5) is 0 Å². The molecule has 0 aliphatic carbocycles. The monoisotopic (exact) mass is 639 g/mol. The average Bonchev–Trinajstić information content (AvgIpc) is 3.74. The van der Waals surface area contributed by atoms with Crippen LogP contribution < -0.4 is 0 Å². The van der Waals surface area contributed by atoms with Crippen LogP contribution in [0.2, 0.25) is 0 Å². The number of para-hydroxylation sites is 3. The molecule has 50 heavy (non-hydrogen) atoms. The van der Waals surface area contributed by atoms with E-state index >= 15 is 0 Å². The molecule has 3 heterocycles. The molecule has 0 saturated heterocycles. The third-order valence-corrected chi connectivity index (χ3v) is 9.63. The standard InChI is InChI=1S/C46H29N3O/c1-3-14-30(15-4-1)31-16-11-19-34(28-31)45-47-44(43-38-23-8-10-27-41(38)50-46(43)48-45)33-18-12-17-32(29-33)36-24-13-26-40-42(36)37-22-7-9-25-39(37)49(40)35-20-5-2-6-21-35/h1-29H. The minimum Gasteiger partial charge on any atom is -0.438 e. The van der Waals surface area contributed by atoms with Crippen molar-refractivity contribution < 1.29 is 4.42 Å². The van der Waals surface area contributed by atoms with Gasteiger partial charge in [0, 0.05) is 33.0 Å². The highest BCUT2D eigenvalue weighted by Gasteiger charge is 2.20. The van der Waals surface area contributed by atoms with Gasteiger partial charge in [-0.05, 0) is 64.7 Å². The molecule has 0 unspecified atom stereocenters. The molecule has 0 amide bonds. The molecule has 10 aromatic rings. The largest absolute Gasteiger partial charge is 0.438 e. The number of furan rings is 1. The van der Waals surface area contributed by atoms with E-state index in [4.69, 9.17) is 14.4 Å². The van der Waals surface area contributed by atoms with Gasteiger partial charge in [0.25, 0.3) is 0 Å². The van der Waals surface area contributed by atoms with Gasteiger partial charge in [0.1, 0.15) is 5.58 Å². The van der Waals surface area contributed by atoms with Crippen LogP contribution in [0.5, 0.6) is 0 Å². The molecule has 0 bridgehead atoms. The predicted molar refractivity (Wildman–Crippen MR) is 205 cm³/mol. The molecular weight excluding hydrogens is 611 g/mol. The van der Waals surface area contributed by atoms with Gasteiger partial charge in [-0.2, -0.15) is 4.98 Å². The number of aromatic nitrogens is 3. The number of nitrogens with zero attached hydrogens (tertiary/aromatic N) is 3. The maximum absolute atomic E-state index is 6.40. The van der Waals surface area contributed by atoms with E-state index in [0.29, 0.717) is 11.5 Å². The van der Waals surface area contributed by atoms with Gasteiger partial charge >= 0.3 is 0 Å². The van der Waals surface area contributed by atoms with Crippen molar-refractivity contribution in [3.05, 3.63) is 176 Å². The lowest BCUT2D eigenvalue weighted by Gasteiger charge is -2.11. The highest BCUT2D eigenvalue weighted by Crippen LogP contribution is 2.41. The number of fused-ring (bicyclic) bond motifs is 6. The van der Waals surface area contributed by atoms with Crippen LogP contribution in [0.1, 0.15) is 0 Å². The molecule has 4 heteroatoms. The molecule has 0 radical (unpaired) electrons. The summed E-state index contributed by atoms with van der Waals surface area (Å²) >= 11 is 0. The van der Waals surface area contributed by atoms with Crippen molar-refractivity contribution in [1.29, 1.82) is 0 Å². The fraction of sp³-hybridized carbons (Fsp3) is 0. The summed E-state index contributed by atoms with van der Waals surface area (Å²) in [7, 11) is 0. The summed E-state index contributed by atoms with van der Waals surface area (Å²) in [5.41, 5.74) is 12.2. The van der Waals surface area contributed by atoms with E-state index in [1.54, 1.807) is 0 Å². The Bertz CT molecular complexity index is 2870. The van der Waals surface area contributed by atoms with Crippen LogP contribution in [-0.2, 0) is 0 Å². The second kappa shape index (κ2) is 11.4. The summed E-state index contributed by atoms with van der Waals surface area (Å²) in [5.74, 6) is 0.628. The SMILES string of the molecule is c1ccc(-c2cccc(-c3nc(-c4cccc(-c5cccc6c5c5ccccc5n6-c5ccccc5)c4)c4c(n3)oc3ccccc34)c2)cc1. The smallest absolute Gasteiger partial charge is 0.231 e. The molecule has 0 aliphatic heterocycles. The topological polar surface area (TPSA) is 43.9 Å². The Morgan fingerprint density at radius 3 is 1.90 bits per heavy atom. The Kier molecular flexibility index (Phi) is 6.46. The Labute approximate surface area is 288 Å². The molecule has 0 spiro atoms. The van der Waals surface area contributed by atoms with Crippen molar-refractivity contribution >= 4 is 43.9 Å². The summed E-state index contributed by atoms with van der Waals surface area (Å²) in [4.78, 5) is 10.3. The fourth-order valence-electron chi connectivity index (χ4n) is 7.38. The van der Waals surface area contributed by atoms with Crippen LogP contribution in [-0.4, -0.2) is 14.5 Å². The lowest BCUT2D eigenvalue weighted by atomic mass is 9.96. The third kappa shape index (κ3) is 4.54. The van der Waals surface area contributed by atoms with E-state index < -0.39 is 0 Å². The Hall–Kier alpha value is -6.78. The lowest BCUT2D eigenvalue weighted by Crippen LogP contribution is -1.95. The fourth-order valence-corrected chi connectivity index (χ4v) is 7.38. The summed E-state index contributed by atoms with van der Waals surface area (Å²) in [6.07, 6.45) is 0. The Balaban J connectivity index is 1.19. The van der Waals surface area contributed by atoms with Crippen LogP contribution in [0.3, 0.4) is 0 Å². The Morgan fingerprint density at radius 2 is 1.04 bits per heavy atom. The molecule has 0 fully saturated rings. The quantitative estimate of drug-likeness (QED) is 0.188. The summed E-state index contributed by atoms with van der Waals surface area (Å²) < 4.78 is 8.76. The van der Waals surface area contributed by atoms with Crippen molar-refractivity contribution in [2.45, 2.75) is 0 Å². The van der Waals surface area contributed by atoms with Gasteiger partial charge in [0.05, 0.1) is 22.1 Å². The summed E-state index contributed by atoms with van der Waals surface area (Å²) in [6.45, 7) is 0. The first-order valence-electron chi connectivity index (χ1n) is 16.8. The number of benzene rings is 7. The van der Waals surface area contributed by atoms with E-state index in [2.05, 4.69) is 156 Å². The zero-order valence-electron chi connectivity index (χ0n) is 27.0. The lowest BCUT2D eigenvalue weighted by molar-refractivity contribution is 0.653. The van der Waals surface area contributed by atoms with Gasteiger partial charge < -0.3 is 8.98 Å². The average molecular weight is 640 g/mol. The molecule has 0 N–H and O–H groups in total. The minimum absolute atomic E-state index is 0.578. The number of hydrogen-bond acceptors (Lipinski definition) is 3. The first-order valence-corrected chi connectivity index (χ1v) is 16.8. The van der Waals surface area contributed by atoms with Gasteiger partial charge in [-0.25, -0.2) is 4.98 Å². The van der Waals surface area contributed by atoms with Crippen LogP contribution >= 0.6 is 0 Å². The molecule has 234 valence electrons. The van der Waals surface area contributed by atoms with Crippen molar-refractivity contribution in [1.82, 2.24) is 14.5 Å². The van der Waals surface area contributed by atoms with Crippen molar-refractivity contribution in [3.63, 3.8) is 0 Å². The molecule has 3 aromatic heterocycles. The van der Waals surface area contributed by atoms with Crippen molar-refractivity contribution in [2.75, 3.05) is 0 Å². The van der Waals surface area contributed by atoms with Crippen molar-refractivity contribution in [2.24, 2.45) is 0 Å². The molecule has 0 atom stereocenters. The van der Waals surface area contributed by atoms with Gasteiger partial charge in [0.15, 0.2) is 5.82 Å². The molecule has 10 rings (SSSR count). The second-order valence-electron chi connectivity index (χ2n) is 12.6. The van der Waals surface area contributed by atoms with Crippen molar-refractivity contribution in [3.8, 4) is 50.6 Å². The van der Waals surface area contributed by atoms with E-state index in [-0.39, 0.29) is 0 Å². The van der Waals surface area contributed by atoms with Crippen LogP contribution in [0.25, 0.3) is 94.5 Å². The molecule has 4 nitrogen and oxygen atoms in total. The second-order valence-corrected chi connectivity index (χ2v) is 12.6. The highest BCUT2D eigenvalue weighted by molar-refractivity contribution is 6.16. The van der Waals surface area contributed by atoms with E-state index in [1.807, 2.05) is 24.3 Å². The van der Waals surface area contributed by atoms with Crippen LogP contribution in [0.15, 0.2) is 180 Å². The molecule has 0 aliphatic rings. The zero-order chi connectivity index (χ0) is 33.0. The summed E-state index contributed by atoms with van der Waals surface area (Å²) in [5, 5.41) is 4.36. The zero-order valence-corrected chi connectivity index (χ0v) is 27.0. The number of hydrogen-bond donors (Lipinski definition) is 0. The van der Waals surface area contributed by atoms with E-state index in [1.165, 1.54) is 27.4 Å². The minimum atomic E-state index is 0.578. The van der Waals surface area contributed by atoms with E-state index in [9.17, 15) is 0 Å². The summed E-state index contributed by atoms with van der Waals surface area (Å²) in [6, 6.07) is 61.5. The van der Waals surface area contributed by atoms with E-state index in [0.717, 1.165) is 55.6 Å². The molecule has 0 saturated carbocycles. The molecular formula is C46H29N3O. The predicted octanol–water partition coefficient (Wildman–Crippen LogP) is 12.1. The maximum Gasteiger partial charge on any atom is 0.231 e. The normalized spacial score (nSPS) is 11.6. The third-order valence-electron chi connectivity index (χ3n) is 9.63. The van der Waals surface area contributed by atoms with Gasteiger partial charge in [-0.1, -0.05) is 133 Å². The maximum atomic E-state index is 6.40. The van der Waals surface area contributed by atoms with Gasteiger partial charge in [-0.3, -0.25) is 0 Å². The van der Waals surface area contributed by atoms with Gasteiger partial charge in [0.2, 0.25) is 5.71 Å². The van der Waals surface area contributed by atoms with Crippen LogP contribution in [0, 0.1) is 0 Å². The first-order chi connectivity index (χ1) is 24.8. The highest BCUT2D eigenvalue weighted by atomic mass is 16.3. The first kappa shape index (κ1) is 28.3.